The molecule has 0 unspecified atom stereocenters. The molecule has 0 aliphatic heterocycles. The Morgan fingerprint density at radius 2 is 2.05 bits per heavy atom. The monoisotopic (exact) mass is 319 g/mol. The van der Waals surface area contributed by atoms with Crippen LogP contribution >= 0.6 is 23.2 Å². The van der Waals surface area contributed by atoms with Crippen molar-refractivity contribution in [2.45, 2.75) is 6.54 Å². The SMILES string of the molecule is O=C(NCc1ccc(Cl)cc1Cl)c1ccc2[nH]ncc2c1. The molecule has 0 saturated carbocycles. The summed E-state index contributed by atoms with van der Waals surface area (Å²) in [5.41, 5.74) is 2.29. The van der Waals surface area contributed by atoms with E-state index < -0.39 is 0 Å². The van der Waals surface area contributed by atoms with Gasteiger partial charge in [-0.3, -0.25) is 9.89 Å². The zero-order chi connectivity index (χ0) is 14.8. The van der Waals surface area contributed by atoms with Gasteiger partial charge in [0.15, 0.2) is 0 Å². The van der Waals surface area contributed by atoms with Crippen LogP contribution in [0.3, 0.4) is 0 Å². The molecule has 0 bridgehead atoms. The van der Waals surface area contributed by atoms with E-state index in [-0.39, 0.29) is 5.91 Å². The molecule has 0 atom stereocenters. The summed E-state index contributed by atoms with van der Waals surface area (Å²) < 4.78 is 0. The molecule has 0 aliphatic rings. The fourth-order valence-electron chi connectivity index (χ4n) is 2.03. The quantitative estimate of drug-likeness (QED) is 0.771. The van der Waals surface area contributed by atoms with Crippen molar-refractivity contribution in [1.82, 2.24) is 15.5 Å². The van der Waals surface area contributed by atoms with Crippen LogP contribution in [0.4, 0.5) is 0 Å². The number of H-pyrrole nitrogens is 1. The number of fused-ring (bicyclic) bond motifs is 1. The van der Waals surface area contributed by atoms with Gasteiger partial charge in [-0.25, -0.2) is 0 Å². The lowest BCUT2D eigenvalue weighted by atomic mass is 10.1. The van der Waals surface area contributed by atoms with Crippen molar-refractivity contribution in [2.75, 3.05) is 0 Å². The number of nitrogens with zero attached hydrogens (tertiary/aromatic N) is 1. The number of nitrogens with one attached hydrogen (secondary N) is 2. The normalized spacial score (nSPS) is 10.8. The van der Waals surface area contributed by atoms with Gasteiger partial charge in [0.05, 0.1) is 11.7 Å². The molecular weight excluding hydrogens is 309 g/mol. The van der Waals surface area contributed by atoms with Crippen LogP contribution < -0.4 is 5.32 Å². The number of amides is 1. The Morgan fingerprint density at radius 3 is 2.86 bits per heavy atom. The van der Waals surface area contributed by atoms with Crippen molar-refractivity contribution in [1.29, 1.82) is 0 Å². The summed E-state index contributed by atoms with van der Waals surface area (Å²) in [6, 6.07) is 10.6. The third-order valence-electron chi connectivity index (χ3n) is 3.16. The predicted octanol–water partition coefficient (Wildman–Crippen LogP) is 3.80. The maximum Gasteiger partial charge on any atom is 0.251 e. The van der Waals surface area contributed by atoms with Crippen LogP contribution in [0.15, 0.2) is 42.6 Å². The number of carbonyl (C=O) groups excluding carboxylic acids is 1. The summed E-state index contributed by atoms with van der Waals surface area (Å²) in [5.74, 6) is -0.163. The van der Waals surface area contributed by atoms with Crippen LogP contribution in [0, 0.1) is 0 Å². The van der Waals surface area contributed by atoms with Gasteiger partial charge in [0.25, 0.3) is 5.91 Å². The summed E-state index contributed by atoms with van der Waals surface area (Å²) in [7, 11) is 0. The number of hydrogen-bond acceptors (Lipinski definition) is 2. The fourth-order valence-corrected chi connectivity index (χ4v) is 2.50. The molecule has 0 radical (unpaired) electrons. The lowest BCUT2D eigenvalue weighted by molar-refractivity contribution is 0.0951. The molecule has 1 aromatic heterocycles. The number of rotatable bonds is 3. The minimum atomic E-state index is -0.163. The predicted molar refractivity (Wildman–Crippen MR) is 83.7 cm³/mol. The van der Waals surface area contributed by atoms with Crippen LogP contribution in [-0.2, 0) is 6.54 Å². The van der Waals surface area contributed by atoms with Crippen molar-refractivity contribution >= 4 is 40.0 Å². The Kier molecular flexibility index (Phi) is 3.82. The molecule has 1 heterocycles. The molecule has 0 saturated heterocycles. The number of aromatic amines is 1. The zero-order valence-corrected chi connectivity index (χ0v) is 12.4. The van der Waals surface area contributed by atoms with Gasteiger partial charge in [-0.1, -0.05) is 29.3 Å². The van der Waals surface area contributed by atoms with Gasteiger partial charge >= 0.3 is 0 Å². The number of carbonyl (C=O) groups is 1. The van der Waals surface area contributed by atoms with Gasteiger partial charge in [-0.15, -0.1) is 0 Å². The summed E-state index contributed by atoms with van der Waals surface area (Å²) in [5, 5.41) is 11.6. The Balaban J connectivity index is 1.73. The highest BCUT2D eigenvalue weighted by Gasteiger charge is 2.08. The van der Waals surface area contributed by atoms with E-state index in [0.29, 0.717) is 22.2 Å². The Labute approximate surface area is 131 Å². The topological polar surface area (TPSA) is 57.8 Å². The molecule has 3 rings (SSSR count). The lowest BCUT2D eigenvalue weighted by Gasteiger charge is -2.07. The van der Waals surface area contributed by atoms with E-state index in [9.17, 15) is 4.79 Å². The maximum absolute atomic E-state index is 12.2. The largest absolute Gasteiger partial charge is 0.348 e. The van der Waals surface area contributed by atoms with E-state index in [4.69, 9.17) is 23.2 Å². The lowest BCUT2D eigenvalue weighted by Crippen LogP contribution is -2.22. The molecule has 2 N–H and O–H groups in total. The summed E-state index contributed by atoms with van der Waals surface area (Å²) in [6.07, 6.45) is 1.68. The van der Waals surface area contributed by atoms with Crippen LogP contribution in [0.25, 0.3) is 10.9 Å². The van der Waals surface area contributed by atoms with Gasteiger partial charge in [0.1, 0.15) is 0 Å². The Hall–Kier alpha value is -2.04. The molecular formula is C15H11Cl2N3O. The van der Waals surface area contributed by atoms with Gasteiger partial charge in [0.2, 0.25) is 0 Å². The van der Waals surface area contributed by atoms with Gasteiger partial charge in [-0.05, 0) is 35.9 Å². The van der Waals surface area contributed by atoms with E-state index in [1.807, 2.05) is 6.07 Å². The number of hydrogen-bond donors (Lipinski definition) is 2. The van der Waals surface area contributed by atoms with Crippen molar-refractivity contribution in [3.05, 3.63) is 63.8 Å². The molecule has 3 aromatic rings. The molecule has 0 fully saturated rings. The molecule has 21 heavy (non-hydrogen) atoms. The smallest absolute Gasteiger partial charge is 0.251 e. The van der Waals surface area contributed by atoms with Crippen LogP contribution in [0.5, 0.6) is 0 Å². The summed E-state index contributed by atoms with van der Waals surface area (Å²) in [6.45, 7) is 0.345. The van der Waals surface area contributed by atoms with E-state index in [1.54, 1.807) is 36.5 Å². The molecule has 6 heteroatoms. The van der Waals surface area contributed by atoms with Crippen molar-refractivity contribution in [2.24, 2.45) is 0 Å². The molecule has 2 aromatic carbocycles. The third-order valence-corrected chi connectivity index (χ3v) is 3.74. The van der Waals surface area contributed by atoms with E-state index in [0.717, 1.165) is 16.5 Å². The van der Waals surface area contributed by atoms with E-state index in [2.05, 4.69) is 15.5 Å². The van der Waals surface area contributed by atoms with Gasteiger partial charge in [0, 0.05) is 27.5 Å². The van der Waals surface area contributed by atoms with E-state index >= 15 is 0 Å². The summed E-state index contributed by atoms with van der Waals surface area (Å²) >= 11 is 11.9. The maximum atomic E-state index is 12.2. The van der Waals surface area contributed by atoms with Gasteiger partial charge < -0.3 is 5.32 Å². The minimum absolute atomic E-state index is 0.163. The van der Waals surface area contributed by atoms with Crippen molar-refractivity contribution < 1.29 is 4.79 Å². The average molecular weight is 320 g/mol. The summed E-state index contributed by atoms with van der Waals surface area (Å²) in [4.78, 5) is 12.2. The highest BCUT2D eigenvalue weighted by Crippen LogP contribution is 2.21. The van der Waals surface area contributed by atoms with Crippen molar-refractivity contribution in [3.8, 4) is 0 Å². The highest BCUT2D eigenvalue weighted by molar-refractivity contribution is 6.35. The zero-order valence-electron chi connectivity index (χ0n) is 10.9. The molecule has 1 amide bonds. The number of benzene rings is 2. The van der Waals surface area contributed by atoms with Crippen LogP contribution in [-0.4, -0.2) is 16.1 Å². The Morgan fingerprint density at radius 1 is 1.19 bits per heavy atom. The Bertz CT molecular complexity index is 814. The standard InChI is InChI=1S/C15H11Cl2N3O/c16-12-3-1-10(13(17)6-12)7-18-15(21)9-2-4-14-11(5-9)8-19-20-14/h1-6,8H,7H2,(H,18,21)(H,19,20). The molecule has 106 valence electrons. The average Bonchev–Trinajstić information content (AvgIpc) is 2.93. The van der Waals surface area contributed by atoms with Crippen LogP contribution in [0.1, 0.15) is 15.9 Å². The fraction of sp³-hybridized carbons (Fsp3) is 0.0667. The molecule has 0 spiro atoms. The highest BCUT2D eigenvalue weighted by atomic mass is 35.5. The minimum Gasteiger partial charge on any atom is -0.348 e. The number of halogens is 2. The first-order chi connectivity index (χ1) is 10.1. The molecule has 0 aliphatic carbocycles. The van der Waals surface area contributed by atoms with Crippen LogP contribution in [0.2, 0.25) is 10.0 Å². The first-order valence-electron chi connectivity index (χ1n) is 6.29. The second-order valence-corrected chi connectivity index (χ2v) is 5.43. The first kappa shape index (κ1) is 13.9. The second-order valence-electron chi connectivity index (χ2n) is 4.59. The first-order valence-corrected chi connectivity index (χ1v) is 7.04. The van der Waals surface area contributed by atoms with Crippen molar-refractivity contribution in [3.63, 3.8) is 0 Å². The number of aromatic nitrogens is 2. The van der Waals surface area contributed by atoms with Gasteiger partial charge in [-0.2, -0.15) is 5.10 Å². The third kappa shape index (κ3) is 3.01. The second kappa shape index (κ2) is 5.76. The molecule has 4 nitrogen and oxygen atoms in total. The van der Waals surface area contributed by atoms with E-state index in [1.165, 1.54) is 0 Å².